The molecule has 0 aliphatic carbocycles. The predicted molar refractivity (Wildman–Crippen MR) is 89.7 cm³/mol. The summed E-state index contributed by atoms with van der Waals surface area (Å²) in [7, 11) is 0. The summed E-state index contributed by atoms with van der Waals surface area (Å²) in [4.78, 5) is 2.03. The van der Waals surface area contributed by atoms with Crippen LogP contribution in [0.5, 0.6) is 0 Å². The van der Waals surface area contributed by atoms with Crippen molar-refractivity contribution < 1.29 is 13.5 Å². The SMILES string of the molecule is Cc1nnc([C@@H](C)Nc2ccc(N3C[C@@H](C)O[C@@H](C)C3)c(F)c2)o1. The number of rotatable bonds is 4. The maximum Gasteiger partial charge on any atom is 0.238 e. The van der Waals surface area contributed by atoms with Gasteiger partial charge in [-0.25, -0.2) is 4.39 Å². The minimum absolute atomic E-state index is 0.0896. The standard InChI is InChI=1S/C17H23FN4O2/c1-10-8-22(9-11(2)23-10)16-6-5-14(7-15(16)18)19-12(3)17-21-20-13(4)24-17/h5-7,10-12,19H,8-9H2,1-4H3/t10-,11+,12-/m1/s1. The van der Waals surface area contributed by atoms with Crippen LogP contribution in [-0.4, -0.2) is 35.5 Å². The van der Waals surface area contributed by atoms with E-state index in [0.717, 1.165) is 0 Å². The molecule has 3 rings (SSSR count). The van der Waals surface area contributed by atoms with Crippen molar-refractivity contribution >= 4 is 11.4 Å². The summed E-state index contributed by atoms with van der Waals surface area (Å²) in [5.41, 5.74) is 1.28. The van der Waals surface area contributed by atoms with Crippen molar-refractivity contribution in [3.8, 4) is 0 Å². The largest absolute Gasteiger partial charge is 0.423 e. The molecule has 0 saturated carbocycles. The molecule has 1 aliphatic heterocycles. The van der Waals surface area contributed by atoms with Crippen molar-refractivity contribution in [1.82, 2.24) is 10.2 Å². The Hall–Kier alpha value is -2.15. The molecule has 1 saturated heterocycles. The van der Waals surface area contributed by atoms with Crippen molar-refractivity contribution in [2.45, 2.75) is 45.9 Å². The van der Waals surface area contributed by atoms with Crippen LogP contribution in [0.15, 0.2) is 22.6 Å². The number of aryl methyl sites for hydroxylation is 1. The van der Waals surface area contributed by atoms with Crippen LogP contribution in [0, 0.1) is 12.7 Å². The normalized spacial score (nSPS) is 22.5. The quantitative estimate of drug-likeness (QED) is 0.925. The fourth-order valence-corrected chi connectivity index (χ4v) is 3.03. The number of ether oxygens (including phenoxy) is 1. The molecular formula is C17H23FN4O2. The third-order valence-corrected chi connectivity index (χ3v) is 4.00. The Balaban J connectivity index is 1.72. The van der Waals surface area contributed by atoms with Crippen molar-refractivity contribution in [2.75, 3.05) is 23.3 Å². The van der Waals surface area contributed by atoms with Gasteiger partial charge in [0.1, 0.15) is 11.9 Å². The summed E-state index contributed by atoms with van der Waals surface area (Å²) >= 11 is 0. The minimum atomic E-state index is -0.254. The van der Waals surface area contributed by atoms with Gasteiger partial charge in [-0.3, -0.25) is 0 Å². The Morgan fingerprint density at radius 3 is 2.54 bits per heavy atom. The van der Waals surface area contributed by atoms with Crippen LogP contribution in [-0.2, 0) is 4.74 Å². The smallest absolute Gasteiger partial charge is 0.238 e. The molecule has 6 nitrogen and oxygen atoms in total. The van der Waals surface area contributed by atoms with E-state index in [4.69, 9.17) is 9.15 Å². The van der Waals surface area contributed by atoms with E-state index in [0.29, 0.717) is 36.2 Å². The Morgan fingerprint density at radius 2 is 1.96 bits per heavy atom. The first-order valence-corrected chi connectivity index (χ1v) is 8.19. The summed E-state index contributed by atoms with van der Waals surface area (Å²) in [6.07, 6.45) is 0.179. The summed E-state index contributed by atoms with van der Waals surface area (Å²) in [5.74, 6) is 0.735. The first kappa shape index (κ1) is 16.7. The molecule has 0 radical (unpaired) electrons. The molecule has 7 heteroatoms. The van der Waals surface area contributed by atoms with Gasteiger partial charge in [-0.15, -0.1) is 10.2 Å². The highest BCUT2D eigenvalue weighted by molar-refractivity contribution is 5.57. The van der Waals surface area contributed by atoms with Gasteiger partial charge >= 0.3 is 0 Å². The van der Waals surface area contributed by atoms with Gasteiger partial charge in [0.25, 0.3) is 0 Å². The molecule has 1 N–H and O–H groups in total. The van der Waals surface area contributed by atoms with Crippen molar-refractivity contribution in [3.63, 3.8) is 0 Å². The lowest BCUT2D eigenvalue weighted by Gasteiger charge is -2.37. The van der Waals surface area contributed by atoms with Crippen molar-refractivity contribution in [2.24, 2.45) is 0 Å². The van der Waals surface area contributed by atoms with Gasteiger partial charge in [-0.2, -0.15) is 0 Å². The first-order valence-electron chi connectivity index (χ1n) is 8.19. The summed E-state index contributed by atoms with van der Waals surface area (Å²) < 4.78 is 25.7. The van der Waals surface area contributed by atoms with E-state index < -0.39 is 0 Å². The number of hydrogen-bond donors (Lipinski definition) is 1. The Labute approximate surface area is 141 Å². The van der Waals surface area contributed by atoms with Gasteiger partial charge in [0.05, 0.1) is 17.9 Å². The second-order valence-corrected chi connectivity index (χ2v) is 6.35. The van der Waals surface area contributed by atoms with Crippen LogP contribution in [0.25, 0.3) is 0 Å². The second-order valence-electron chi connectivity index (χ2n) is 6.35. The maximum atomic E-state index is 14.6. The van der Waals surface area contributed by atoms with Gasteiger partial charge in [0, 0.05) is 25.7 Å². The number of nitrogens with one attached hydrogen (secondary N) is 1. The molecular weight excluding hydrogens is 311 g/mol. The van der Waals surface area contributed by atoms with E-state index in [9.17, 15) is 4.39 Å². The van der Waals surface area contributed by atoms with Crippen LogP contribution >= 0.6 is 0 Å². The van der Waals surface area contributed by atoms with Crippen molar-refractivity contribution in [1.29, 1.82) is 0 Å². The molecule has 1 fully saturated rings. The average molecular weight is 334 g/mol. The number of halogens is 1. The van der Waals surface area contributed by atoms with E-state index in [2.05, 4.69) is 15.5 Å². The number of benzene rings is 1. The molecule has 0 spiro atoms. The Bertz CT molecular complexity index is 696. The Kier molecular flexibility index (Phi) is 4.71. The zero-order chi connectivity index (χ0) is 17.3. The van der Waals surface area contributed by atoms with E-state index in [1.807, 2.05) is 31.7 Å². The van der Waals surface area contributed by atoms with Gasteiger partial charge in [-0.1, -0.05) is 0 Å². The number of anilines is 2. The van der Waals surface area contributed by atoms with E-state index in [1.54, 1.807) is 13.0 Å². The average Bonchev–Trinajstić information content (AvgIpc) is 2.93. The van der Waals surface area contributed by atoms with Crippen LogP contribution in [0.2, 0.25) is 0 Å². The third-order valence-electron chi connectivity index (χ3n) is 4.00. The van der Waals surface area contributed by atoms with E-state index >= 15 is 0 Å². The summed E-state index contributed by atoms with van der Waals surface area (Å²) in [5, 5.41) is 11.0. The van der Waals surface area contributed by atoms with Gasteiger partial charge in [0.2, 0.25) is 11.8 Å². The van der Waals surface area contributed by atoms with Crippen molar-refractivity contribution in [3.05, 3.63) is 35.8 Å². The van der Waals surface area contributed by atoms with Crippen LogP contribution in [0.4, 0.5) is 15.8 Å². The maximum absolute atomic E-state index is 14.6. The highest BCUT2D eigenvalue weighted by atomic mass is 19.1. The lowest BCUT2D eigenvalue weighted by molar-refractivity contribution is -0.00539. The molecule has 0 bridgehead atoms. The molecule has 130 valence electrons. The van der Waals surface area contributed by atoms with Crippen LogP contribution < -0.4 is 10.2 Å². The molecule has 1 aromatic carbocycles. The van der Waals surface area contributed by atoms with E-state index in [-0.39, 0.29) is 24.1 Å². The highest BCUT2D eigenvalue weighted by Crippen LogP contribution is 2.27. The number of aromatic nitrogens is 2. The van der Waals surface area contributed by atoms with Crippen LogP contribution in [0.3, 0.4) is 0 Å². The fraction of sp³-hybridized carbons (Fsp3) is 0.529. The first-order chi connectivity index (χ1) is 11.4. The number of hydrogen-bond acceptors (Lipinski definition) is 6. The number of nitrogens with zero attached hydrogens (tertiary/aromatic N) is 3. The third kappa shape index (κ3) is 3.67. The molecule has 1 aromatic heterocycles. The summed E-state index contributed by atoms with van der Waals surface area (Å²) in [6, 6.07) is 4.97. The van der Waals surface area contributed by atoms with Gasteiger partial charge in [-0.05, 0) is 39.0 Å². The molecule has 1 aliphatic rings. The molecule has 0 amide bonds. The molecule has 3 atom stereocenters. The lowest BCUT2D eigenvalue weighted by Crippen LogP contribution is -2.45. The summed E-state index contributed by atoms with van der Waals surface area (Å²) in [6.45, 7) is 9.01. The fourth-order valence-electron chi connectivity index (χ4n) is 3.03. The van der Waals surface area contributed by atoms with Gasteiger partial charge in [0.15, 0.2) is 0 Å². The molecule has 2 heterocycles. The second kappa shape index (κ2) is 6.76. The lowest BCUT2D eigenvalue weighted by atomic mass is 10.1. The van der Waals surface area contributed by atoms with E-state index in [1.165, 1.54) is 6.07 Å². The zero-order valence-corrected chi connectivity index (χ0v) is 14.4. The highest BCUT2D eigenvalue weighted by Gasteiger charge is 2.24. The molecule has 24 heavy (non-hydrogen) atoms. The monoisotopic (exact) mass is 334 g/mol. The van der Waals surface area contributed by atoms with Crippen LogP contribution in [0.1, 0.15) is 38.6 Å². The topological polar surface area (TPSA) is 63.4 Å². The minimum Gasteiger partial charge on any atom is -0.423 e. The zero-order valence-electron chi connectivity index (χ0n) is 14.4. The predicted octanol–water partition coefficient (Wildman–Crippen LogP) is 3.30. The molecule has 2 aromatic rings. The van der Waals surface area contributed by atoms with Gasteiger partial charge < -0.3 is 19.4 Å². The number of morpholine rings is 1. The molecule has 0 unspecified atom stereocenters. The Morgan fingerprint density at radius 1 is 1.25 bits per heavy atom.